The van der Waals surface area contributed by atoms with Crippen LogP contribution in [0, 0.1) is 5.92 Å². The first-order valence-electron chi connectivity index (χ1n) is 9.38. The maximum absolute atomic E-state index is 12.4. The van der Waals surface area contributed by atoms with Crippen molar-refractivity contribution in [3.8, 4) is 0 Å². The van der Waals surface area contributed by atoms with Gasteiger partial charge in [-0.1, -0.05) is 6.92 Å². The van der Waals surface area contributed by atoms with Gasteiger partial charge in [-0.3, -0.25) is 9.89 Å². The lowest BCUT2D eigenvalue weighted by atomic mass is 10.1. The number of hydrogen-bond donors (Lipinski definition) is 2. The zero-order valence-corrected chi connectivity index (χ0v) is 18.1. The van der Waals surface area contributed by atoms with Gasteiger partial charge >= 0.3 is 6.18 Å². The average molecular weight is 491 g/mol. The van der Waals surface area contributed by atoms with Crippen LogP contribution in [0.15, 0.2) is 4.99 Å². The van der Waals surface area contributed by atoms with Gasteiger partial charge in [0.15, 0.2) is 5.96 Å². The number of rotatable bonds is 6. The van der Waals surface area contributed by atoms with E-state index in [1.165, 1.54) is 11.3 Å². The van der Waals surface area contributed by atoms with E-state index < -0.39 is 12.7 Å². The zero-order valence-electron chi connectivity index (χ0n) is 15.8. The molecule has 2 aliphatic heterocycles. The molecule has 2 N–H and O–H groups in total. The molecule has 0 aliphatic carbocycles. The van der Waals surface area contributed by atoms with Gasteiger partial charge in [-0.05, 0) is 44.7 Å². The molecule has 1 atom stereocenters. The fourth-order valence-electron chi connectivity index (χ4n) is 3.72. The van der Waals surface area contributed by atoms with Crippen molar-refractivity contribution in [3.63, 3.8) is 0 Å². The van der Waals surface area contributed by atoms with Gasteiger partial charge in [-0.2, -0.15) is 13.2 Å². The minimum absolute atomic E-state index is 0. The molecule has 154 valence electrons. The summed E-state index contributed by atoms with van der Waals surface area (Å²) in [6.45, 7) is 6.47. The van der Waals surface area contributed by atoms with Crippen LogP contribution in [-0.2, 0) is 0 Å². The van der Waals surface area contributed by atoms with E-state index in [9.17, 15) is 13.2 Å². The van der Waals surface area contributed by atoms with Gasteiger partial charge in [-0.25, -0.2) is 0 Å². The Hall–Kier alpha value is -0.290. The van der Waals surface area contributed by atoms with E-state index in [0.29, 0.717) is 25.7 Å². The smallest absolute Gasteiger partial charge is 0.356 e. The summed E-state index contributed by atoms with van der Waals surface area (Å²) in [5.41, 5.74) is 0. The predicted molar refractivity (Wildman–Crippen MR) is 110 cm³/mol. The molecule has 0 aromatic carbocycles. The van der Waals surface area contributed by atoms with Crippen LogP contribution in [-0.4, -0.2) is 80.8 Å². The van der Waals surface area contributed by atoms with Gasteiger partial charge in [0.25, 0.3) is 0 Å². The second-order valence-corrected chi connectivity index (χ2v) is 7.22. The molecule has 0 spiro atoms. The van der Waals surface area contributed by atoms with Crippen LogP contribution in [0.5, 0.6) is 0 Å². The third-order valence-electron chi connectivity index (χ3n) is 5.02. The van der Waals surface area contributed by atoms with E-state index in [1.807, 2.05) is 0 Å². The first-order valence-corrected chi connectivity index (χ1v) is 9.38. The van der Waals surface area contributed by atoms with Crippen molar-refractivity contribution < 1.29 is 13.2 Å². The van der Waals surface area contributed by atoms with E-state index in [0.717, 1.165) is 44.9 Å². The molecular formula is C17H33F3IN5. The Bertz CT molecular complexity index is 425. The number of nitrogens with zero attached hydrogens (tertiary/aromatic N) is 3. The van der Waals surface area contributed by atoms with Crippen LogP contribution in [0.4, 0.5) is 13.2 Å². The summed E-state index contributed by atoms with van der Waals surface area (Å²) in [6, 6.07) is 0.421. The minimum Gasteiger partial charge on any atom is -0.356 e. The van der Waals surface area contributed by atoms with E-state index in [4.69, 9.17) is 0 Å². The quantitative estimate of drug-likeness (QED) is 0.341. The van der Waals surface area contributed by atoms with Gasteiger partial charge in [0.2, 0.25) is 0 Å². The highest BCUT2D eigenvalue weighted by Crippen LogP contribution is 2.22. The molecule has 0 amide bonds. The molecule has 2 aliphatic rings. The second-order valence-electron chi connectivity index (χ2n) is 7.22. The van der Waals surface area contributed by atoms with Crippen LogP contribution < -0.4 is 10.6 Å². The Morgan fingerprint density at radius 2 is 1.77 bits per heavy atom. The number of aliphatic imine (C=N–C) groups is 1. The fraction of sp³-hybridized carbons (Fsp3) is 0.941. The number of alkyl halides is 3. The molecule has 0 aromatic heterocycles. The lowest BCUT2D eigenvalue weighted by Gasteiger charge is -2.33. The first-order chi connectivity index (χ1) is 11.9. The van der Waals surface area contributed by atoms with Crippen LogP contribution in [0.25, 0.3) is 0 Å². The van der Waals surface area contributed by atoms with Crippen molar-refractivity contribution in [2.75, 3.05) is 52.9 Å². The average Bonchev–Trinajstić information content (AvgIpc) is 2.98. The number of guanidine groups is 1. The number of piperidine rings is 1. The molecule has 0 radical (unpaired) electrons. The van der Waals surface area contributed by atoms with E-state index in [-0.39, 0.29) is 29.9 Å². The predicted octanol–water partition coefficient (Wildman–Crippen LogP) is 2.53. The Morgan fingerprint density at radius 1 is 1.12 bits per heavy atom. The van der Waals surface area contributed by atoms with Crippen LogP contribution in [0.2, 0.25) is 0 Å². The summed E-state index contributed by atoms with van der Waals surface area (Å²) in [6.07, 6.45) is 0.0864. The summed E-state index contributed by atoms with van der Waals surface area (Å²) in [4.78, 5) is 8.24. The van der Waals surface area contributed by atoms with Gasteiger partial charge in [0, 0.05) is 39.3 Å². The molecule has 2 fully saturated rings. The van der Waals surface area contributed by atoms with Crippen molar-refractivity contribution >= 4 is 29.9 Å². The normalized spacial score (nSPS) is 23.7. The third kappa shape index (κ3) is 8.60. The highest BCUT2D eigenvalue weighted by molar-refractivity contribution is 14.0. The highest BCUT2D eigenvalue weighted by atomic mass is 127. The maximum Gasteiger partial charge on any atom is 0.401 e. The molecule has 0 saturated carbocycles. The van der Waals surface area contributed by atoms with Gasteiger partial charge < -0.3 is 15.5 Å². The van der Waals surface area contributed by atoms with Crippen LogP contribution in [0.3, 0.4) is 0 Å². The molecule has 1 unspecified atom stereocenters. The number of halogens is 4. The molecule has 5 nitrogen and oxygen atoms in total. The largest absolute Gasteiger partial charge is 0.401 e. The number of likely N-dealkylation sites (tertiary alicyclic amines) is 2. The molecule has 2 heterocycles. The molecule has 0 bridgehead atoms. The lowest BCUT2D eigenvalue weighted by Crippen LogP contribution is -2.49. The van der Waals surface area contributed by atoms with Crippen LogP contribution in [0.1, 0.15) is 32.6 Å². The van der Waals surface area contributed by atoms with Crippen molar-refractivity contribution in [2.45, 2.75) is 44.8 Å². The summed E-state index contributed by atoms with van der Waals surface area (Å²) in [7, 11) is 1.74. The summed E-state index contributed by atoms with van der Waals surface area (Å²) in [5.74, 6) is 1.01. The topological polar surface area (TPSA) is 42.9 Å². The van der Waals surface area contributed by atoms with Gasteiger partial charge in [0.1, 0.15) is 0 Å². The van der Waals surface area contributed by atoms with Gasteiger partial charge in [0.05, 0.1) is 6.54 Å². The number of hydrogen-bond acceptors (Lipinski definition) is 3. The second kappa shape index (κ2) is 11.5. The van der Waals surface area contributed by atoms with E-state index >= 15 is 0 Å². The maximum atomic E-state index is 12.4. The fourth-order valence-corrected chi connectivity index (χ4v) is 3.72. The summed E-state index contributed by atoms with van der Waals surface area (Å²) < 4.78 is 37.3. The monoisotopic (exact) mass is 491 g/mol. The molecule has 26 heavy (non-hydrogen) atoms. The van der Waals surface area contributed by atoms with E-state index in [1.54, 1.807) is 7.05 Å². The third-order valence-corrected chi connectivity index (χ3v) is 5.02. The molecule has 2 rings (SSSR count). The first kappa shape index (κ1) is 23.7. The Balaban J connectivity index is 0.00000338. The standard InChI is InChI=1S/C17H32F3N5.HI/c1-3-7-24-9-5-15(6-10-24)23-16(21-2)22-11-14-4-8-25(12-14)13-17(18,19)20;/h14-15H,3-13H2,1-2H3,(H2,21,22,23);1H. The summed E-state index contributed by atoms with van der Waals surface area (Å²) in [5, 5.41) is 6.76. The Morgan fingerprint density at radius 3 is 2.35 bits per heavy atom. The minimum atomic E-state index is -4.10. The lowest BCUT2D eigenvalue weighted by molar-refractivity contribution is -0.143. The van der Waals surface area contributed by atoms with E-state index in [2.05, 4.69) is 27.4 Å². The highest BCUT2D eigenvalue weighted by Gasteiger charge is 2.34. The van der Waals surface area contributed by atoms with Crippen molar-refractivity contribution in [3.05, 3.63) is 0 Å². The molecule has 2 saturated heterocycles. The Kier molecular flexibility index (Phi) is 10.5. The zero-order chi connectivity index (χ0) is 18.3. The van der Waals surface area contributed by atoms with Gasteiger partial charge in [-0.15, -0.1) is 24.0 Å². The molecular weight excluding hydrogens is 458 g/mol. The molecule has 0 aromatic rings. The summed E-state index contributed by atoms with van der Waals surface area (Å²) >= 11 is 0. The van der Waals surface area contributed by atoms with Crippen molar-refractivity contribution in [1.82, 2.24) is 20.4 Å². The Labute approximate surface area is 172 Å². The number of nitrogens with one attached hydrogen (secondary N) is 2. The van der Waals surface area contributed by atoms with Crippen molar-refractivity contribution in [1.29, 1.82) is 0 Å². The van der Waals surface area contributed by atoms with Crippen LogP contribution >= 0.6 is 24.0 Å². The molecule has 9 heteroatoms. The van der Waals surface area contributed by atoms with Crippen molar-refractivity contribution in [2.24, 2.45) is 10.9 Å². The SMILES string of the molecule is CCCN1CCC(NC(=NC)NCC2CCN(CC(F)(F)F)C2)CC1.I.